The normalized spacial score (nSPS) is 13.6. The molecule has 0 fully saturated rings. The maximum Gasteiger partial charge on any atom is 0.225 e. The van der Waals surface area contributed by atoms with Crippen molar-refractivity contribution in [3.8, 4) is 0 Å². The Morgan fingerprint density at radius 2 is 1.94 bits per heavy atom. The van der Waals surface area contributed by atoms with Crippen LogP contribution in [0.5, 0.6) is 0 Å². The molecule has 4 nitrogen and oxygen atoms in total. The lowest BCUT2D eigenvalue weighted by molar-refractivity contribution is 0.477. The summed E-state index contributed by atoms with van der Waals surface area (Å²) in [5.74, 6) is 0.866. The first-order chi connectivity index (χ1) is 8.41. The summed E-state index contributed by atoms with van der Waals surface area (Å²) >= 11 is 6.16. The van der Waals surface area contributed by atoms with Gasteiger partial charge in [-0.2, -0.15) is 0 Å². The first-order valence-electron chi connectivity index (χ1n) is 5.93. The van der Waals surface area contributed by atoms with Crippen LogP contribution in [0.15, 0.2) is 24.4 Å². The summed E-state index contributed by atoms with van der Waals surface area (Å²) in [7, 11) is 0. The molecule has 2 heterocycles. The smallest absolute Gasteiger partial charge is 0.225 e. The molecule has 2 aromatic rings. The van der Waals surface area contributed by atoms with Gasteiger partial charge in [-0.1, -0.05) is 26.8 Å². The van der Waals surface area contributed by atoms with Gasteiger partial charge in [0.25, 0.3) is 0 Å². The minimum Gasteiger partial charge on any atom is -0.292 e. The van der Waals surface area contributed by atoms with Crippen LogP contribution in [0.3, 0.4) is 0 Å². The second-order valence-corrected chi connectivity index (χ2v) is 5.68. The molecule has 5 heteroatoms. The molecule has 1 atom stereocenters. The third-order valence-corrected chi connectivity index (χ3v) is 3.09. The minimum absolute atomic E-state index is 0.0166. The van der Waals surface area contributed by atoms with Gasteiger partial charge in [0.1, 0.15) is 5.82 Å². The van der Waals surface area contributed by atoms with Crippen LogP contribution in [0.2, 0.25) is 5.28 Å². The summed E-state index contributed by atoms with van der Waals surface area (Å²) in [4.78, 5) is 4.36. The Hall–Kier alpha value is -1.42. The fraction of sp³-hybridized carbons (Fsp3) is 0.462. The van der Waals surface area contributed by atoms with Crippen LogP contribution in [-0.4, -0.2) is 19.7 Å². The maximum absolute atomic E-state index is 6.16. The Kier molecular flexibility index (Phi) is 3.39. The van der Waals surface area contributed by atoms with Gasteiger partial charge in [-0.15, -0.1) is 10.2 Å². The van der Waals surface area contributed by atoms with Crippen molar-refractivity contribution in [3.05, 3.63) is 41.2 Å². The molecule has 0 spiro atoms. The molecule has 2 rings (SSSR count). The van der Waals surface area contributed by atoms with Gasteiger partial charge in [0.15, 0.2) is 0 Å². The predicted molar refractivity (Wildman–Crippen MR) is 71.8 cm³/mol. The molecule has 0 N–H and O–H groups in total. The van der Waals surface area contributed by atoms with E-state index in [9.17, 15) is 0 Å². The largest absolute Gasteiger partial charge is 0.292 e. The number of halogens is 1. The molecule has 0 aliphatic rings. The van der Waals surface area contributed by atoms with E-state index in [1.165, 1.54) is 0 Å². The molecular weight excluding hydrogens is 248 g/mol. The summed E-state index contributed by atoms with van der Waals surface area (Å²) in [6, 6.07) is 5.86. The Morgan fingerprint density at radius 3 is 2.50 bits per heavy atom. The topological polar surface area (TPSA) is 43.6 Å². The van der Waals surface area contributed by atoms with E-state index in [4.69, 9.17) is 11.6 Å². The zero-order chi connectivity index (χ0) is 13.3. The molecule has 0 amide bonds. The zero-order valence-corrected chi connectivity index (χ0v) is 11.8. The quantitative estimate of drug-likeness (QED) is 0.836. The second-order valence-electron chi connectivity index (χ2n) is 5.34. The van der Waals surface area contributed by atoms with Gasteiger partial charge in [0.05, 0.1) is 11.7 Å². The summed E-state index contributed by atoms with van der Waals surface area (Å²) in [6.45, 7) is 8.33. The number of hydrogen-bond donors (Lipinski definition) is 0. The van der Waals surface area contributed by atoms with Crippen molar-refractivity contribution in [1.82, 2.24) is 19.7 Å². The zero-order valence-electron chi connectivity index (χ0n) is 11.1. The summed E-state index contributed by atoms with van der Waals surface area (Å²) in [5, 5.41) is 8.57. The van der Waals surface area contributed by atoms with Crippen LogP contribution < -0.4 is 0 Å². The molecule has 0 aromatic carbocycles. The Labute approximate surface area is 112 Å². The van der Waals surface area contributed by atoms with Gasteiger partial charge in [0, 0.05) is 11.6 Å². The minimum atomic E-state index is -0.108. The number of rotatable bonds is 2. The SMILES string of the molecule is CC(c1ccccn1)n1c(Cl)nnc1C(C)(C)C. The standard InChI is InChI=1S/C13H17ClN4/c1-9(10-7-5-6-8-15-10)18-11(13(2,3)4)16-17-12(18)14/h5-9H,1-4H3. The molecule has 2 aromatic heterocycles. The predicted octanol–water partition coefficient (Wildman–Crippen LogP) is 3.23. The summed E-state index contributed by atoms with van der Waals surface area (Å²) in [5.41, 5.74) is 0.841. The summed E-state index contributed by atoms with van der Waals surface area (Å²) in [6.07, 6.45) is 1.78. The van der Waals surface area contributed by atoms with Gasteiger partial charge in [-0.25, -0.2) is 0 Å². The molecule has 1 unspecified atom stereocenters. The van der Waals surface area contributed by atoms with E-state index < -0.39 is 0 Å². The van der Waals surface area contributed by atoms with E-state index >= 15 is 0 Å². The van der Waals surface area contributed by atoms with Gasteiger partial charge < -0.3 is 0 Å². The van der Waals surface area contributed by atoms with E-state index in [2.05, 4.69) is 36.0 Å². The highest BCUT2D eigenvalue weighted by Crippen LogP contribution is 2.28. The third-order valence-electron chi connectivity index (χ3n) is 2.83. The van der Waals surface area contributed by atoms with Gasteiger partial charge in [-0.05, 0) is 30.7 Å². The summed E-state index contributed by atoms with van der Waals surface area (Å²) < 4.78 is 1.93. The Bertz CT molecular complexity index is 528. The van der Waals surface area contributed by atoms with Crippen molar-refractivity contribution in [2.24, 2.45) is 0 Å². The average Bonchev–Trinajstić information content (AvgIpc) is 2.71. The van der Waals surface area contributed by atoms with Crippen LogP contribution in [0, 0.1) is 0 Å². The van der Waals surface area contributed by atoms with Crippen LogP contribution in [0.1, 0.15) is 45.3 Å². The molecule has 0 aliphatic heterocycles. The first kappa shape index (κ1) is 13.0. The van der Waals surface area contributed by atoms with Crippen LogP contribution in [0.25, 0.3) is 0 Å². The molecule has 0 aliphatic carbocycles. The van der Waals surface area contributed by atoms with Crippen LogP contribution in [0.4, 0.5) is 0 Å². The highest BCUT2D eigenvalue weighted by Gasteiger charge is 2.26. The van der Waals surface area contributed by atoms with Crippen molar-refractivity contribution >= 4 is 11.6 Å². The van der Waals surface area contributed by atoms with E-state index in [0.29, 0.717) is 5.28 Å². The number of aromatic nitrogens is 4. The molecule has 18 heavy (non-hydrogen) atoms. The van der Waals surface area contributed by atoms with E-state index in [1.807, 2.05) is 29.7 Å². The fourth-order valence-corrected chi connectivity index (χ4v) is 2.15. The lowest BCUT2D eigenvalue weighted by atomic mass is 9.95. The number of nitrogens with zero attached hydrogens (tertiary/aromatic N) is 4. The molecule has 0 bridgehead atoms. The number of hydrogen-bond acceptors (Lipinski definition) is 3. The average molecular weight is 265 g/mol. The molecule has 0 radical (unpaired) electrons. The van der Waals surface area contributed by atoms with Crippen molar-refractivity contribution in [3.63, 3.8) is 0 Å². The number of pyridine rings is 1. The fourth-order valence-electron chi connectivity index (χ4n) is 1.88. The highest BCUT2D eigenvalue weighted by atomic mass is 35.5. The monoisotopic (exact) mass is 264 g/mol. The molecule has 0 saturated heterocycles. The van der Waals surface area contributed by atoms with Crippen molar-refractivity contribution < 1.29 is 0 Å². The Morgan fingerprint density at radius 1 is 1.22 bits per heavy atom. The third kappa shape index (κ3) is 2.38. The van der Waals surface area contributed by atoms with E-state index in [1.54, 1.807) is 6.20 Å². The van der Waals surface area contributed by atoms with Crippen molar-refractivity contribution in [1.29, 1.82) is 0 Å². The van der Waals surface area contributed by atoms with E-state index in [-0.39, 0.29) is 11.5 Å². The molecule has 96 valence electrons. The van der Waals surface area contributed by atoms with Crippen molar-refractivity contribution in [2.75, 3.05) is 0 Å². The lowest BCUT2D eigenvalue weighted by Crippen LogP contribution is -2.22. The lowest BCUT2D eigenvalue weighted by Gasteiger charge is -2.22. The van der Waals surface area contributed by atoms with Gasteiger partial charge in [-0.3, -0.25) is 9.55 Å². The molecular formula is C13H17ClN4. The van der Waals surface area contributed by atoms with Gasteiger partial charge >= 0.3 is 0 Å². The Balaban J connectivity index is 2.48. The van der Waals surface area contributed by atoms with Gasteiger partial charge in [0.2, 0.25) is 5.28 Å². The maximum atomic E-state index is 6.16. The molecule has 0 saturated carbocycles. The van der Waals surface area contributed by atoms with E-state index in [0.717, 1.165) is 11.5 Å². The second kappa shape index (κ2) is 4.69. The first-order valence-corrected chi connectivity index (χ1v) is 6.31. The van der Waals surface area contributed by atoms with Crippen molar-refractivity contribution in [2.45, 2.75) is 39.2 Å². The van der Waals surface area contributed by atoms with Crippen LogP contribution >= 0.6 is 11.6 Å². The van der Waals surface area contributed by atoms with Crippen LogP contribution in [-0.2, 0) is 5.41 Å². The highest BCUT2D eigenvalue weighted by molar-refractivity contribution is 6.28.